The Kier molecular flexibility index (Phi) is 42.7. The van der Waals surface area contributed by atoms with Gasteiger partial charge in [0.25, 0.3) is 11.6 Å². The Morgan fingerprint density at radius 3 is 1.10 bits per heavy atom. The van der Waals surface area contributed by atoms with E-state index in [0.29, 0.717) is 96.7 Å². The lowest BCUT2D eigenvalue weighted by atomic mass is 10.2. The first kappa shape index (κ1) is 109. The van der Waals surface area contributed by atoms with Gasteiger partial charge in [-0.25, -0.2) is 58.7 Å². The zero-order valence-electron chi connectivity index (χ0n) is 82.5. The summed E-state index contributed by atoms with van der Waals surface area (Å²) in [6, 6.07) is 5.66. The van der Waals surface area contributed by atoms with Crippen LogP contribution in [0.25, 0.3) is 44.7 Å². The number of unbranched alkanes of at least 4 members (excludes halogenated alkanes) is 8. The summed E-state index contributed by atoms with van der Waals surface area (Å²) in [7, 11) is 1.89. The molecule has 0 atom stereocenters. The van der Waals surface area contributed by atoms with Crippen molar-refractivity contribution in [2.75, 3.05) is 108 Å². The lowest BCUT2D eigenvalue weighted by Gasteiger charge is -2.27. The Bertz CT molecular complexity index is 5370. The predicted octanol–water partition coefficient (Wildman–Crippen LogP) is 16.9. The summed E-state index contributed by atoms with van der Waals surface area (Å²) in [5, 5.41) is 17.6. The van der Waals surface area contributed by atoms with Crippen LogP contribution in [0.4, 0.5) is 66.1 Å². The molecular formula is C91H138N24O19. The summed E-state index contributed by atoms with van der Waals surface area (Å²) in [4.78, 5) is 173. The van der Waals surface area contributed by atoms with Gasteiger partial charge in [0.15, 0.2) is 62.1 Å². The SMILES string of the molecule is C=CCNc1nc(N(CCCCC)C(=O)OC(C)(C)C)nc2c1ncn2CC(=O)OCC.CCCCCN(C(=O)OC(C)(C)C)c1nc(N(C)CC)c2ncn(CC(=O)OCC)c2n1.CCCCCN(C(=O)OC(C)(C)C)c1nc(NC(C)C)c2ncn(CC(=O)OCC)c2n1.CCCCCN(C(=O)OC(C)(C)C)c1nc(Oc2cccc([N+](=O)[O-])c2)c2ncn(CC(=O)OCC)c2n1. The molecule has 8 aromatic heterocycles. The van der Waals surface area contributed by atoms with Crippen LogP contribution in [-0.2, 0) is 83.3 Å². The number of amides is 4. The maximum absolute atomic E-state index is 13.2. The summed E-state index contributed by atoms with van der Waals surface area (Å²) in [5.74, 6) is 0.523. The van der Waals surface area contributed by atoms with Gasteiger partial charge in [-0.05, 0) is 163 Å². The maximum atomic E-state index is 13.2. The average molecular weight is 1870 g/mol. The number of rotatable bonds is 42. The molecule has 0 unspecified atom stereocenters. The Morgan fingerprint density at radius 2 is 0.769 bits per heavy atom. The maximum Gasteiger partial charge on any atom is 0.417 e. The summed E-state index contributed by atoms with van der Waals surface area (Å²) < 4.78 is 54.9. The van der Waals surface area contributed by atoms with E-state index in [0.717, 1.165) is 70.6 Å². The molecule has 9 aromatic rings. The fourth-order valence-corrected chi connectivity index (χ4v) is 12.4. The largest absolute Gasteiger partial charge is 0.465 e. The van der Waals surface area contributed by atoms with Crippen LogP contribution < -0.4 is 39.9 Å². The van der Waals surface area contributed by atoms with Crippen LogP contribution in [-0.4, -0.2) is 232 Å². The predicted molar refractivity (Wildman–Crippen MR) is 510 cm³/mol. The van der Waals surface area contributed by atoms with Gasteiger partial charge in [0, 0.05) is 58.4 Å². The van der Waals surface area contributed by atoms with Gasteiger partial charge < -0.3 is 76.4 Å². The number of nitro groups is 1. The van der Waals surface area contributed by atoms with E-state index in [2.05, 4.69) is 97.8 Å². The van der Waals surface area contributed by atoms with E-state index < -0.39 is 69.6 Å². The molecule has 1 aromatic carbocycles. The minimum atomic E-state index is -0.766. The molecule has 4 amide bonds. The highest BCUT2D eigenvalue weighted by molar-refractivity contribution is 5.94. The van der Waals surface area contributed by atoms with E-state index in [1.165, 1.54) is 67.4 Å². The number of ether oxygens (including phenoxy) is 9. The van der Waals surface area contributed by atoms with E-state index in [1.54, 1.807) is 74.6 Å². The molecule has 0 radical (unpaired) electrons. The monoisotopic (exact) mass is 1870 g/mol. The van der Waals surface area contributed by atoms with Crippen molar-refractivity contribution >= 4 is 140 Å². The van der Waals surface area contributed by atoms with Gasteiger partial charge in [-0.15, -0.1) is 6.58 Å². The van der Waals surface area contributed by atoms with Crippen LogP contribution in [0.15, 0.2) is 62.2 Å². The van der Waals surface area contributed by atoms with Crippen molar-refractivity contribution in [1.82, 2.24) is 78.1 Å². The molecule has 0 saturated carbocycles. The van der Waals surface area contributed by atoms with E-state index in [-0.39, 0.29) is 117 Å². The number of esters is 4. The second-order valence-electron chi connectivity index (χ2n) is 35.0. The third-order valence-corrected chi connectivity index (χ3v) is 18.5. The zero-order chi connectivity index (χ0) is 99.4. The molecule has 0 spiro atoms. The quantitative estimate of drug-likeness (QED) is 0.00896. The summed E-state index contributed by atoms with van der Waals surface area (Å²) in [6.07, 6.45) is 16.1. The van der Waals surface area contributed by atoms with Crippen LogP contribution in [0.5, 0.6) is 11.6 Å². The smallest absolute Gasteiger partial charge is 0.417 e. The number of hydrogen-bond acceptors (Lipinski definition) is 34. The number of nitrogens with zero attached hydrogens (tertiary/aromatic N) is 22. The van der Waals surface area contributed by atoms with Gasteiger partial charge in [0.05, 0.1) is 62.7 Å². The second-order valence-corrected chi connectivity index (χ2v) is 35.0. The highest BCUT2D eigenvalue weighted by atomic mass is 16.6. The summed E-state index contributed by atoms with van der Waals surface area (Å²) in [6.45, 7) is 50.0. The Labute approximate surface area is 783 Å². The van der Waals surface area contributed by atoms with Crippen LogP contribution in [0.1, 0.15) is 236 Å². The molecule has 736 valence electrons. The molecule has 8 heterocycles. The molecule has 0 fully saturated rings. The summed E-state index contributed by atoms with van der Waals surface area (Å²) in [5.41, 5.74) is 0.371. The number of anilines is 7. The van der Waals surface area contributed by atoms with E-state index >= 15 is 0 Å². The first-order chi connectivity index (χ1) is 63.4. The first-order valence-electron chi connectivity index (χ1n) is 45.7. The Balaban J connectivity index is 0.000000275. The molecule has 134 heavy (non-hydrogen) atoms. The van der Waals surface area contributed by atoms with E-state index in [9.17, 15) is 48.5 Å². The van der Waals surface area contributed by atoms with Crippen LogP contribution in [0.2, 0.25) is 0 Å². The fraction of sp³-hybridized carbons (Fsp3) is 0.604. The number of non-ortho nitro benzene ring substituents is 1. The van der Waals surface area contributed by atoms with Crippen molar-refractivity contribution in [2.24, 2.45) is 0 Å². The molecule has 0 aliphatic rings. The molecule has 0 aliphatic heterocycles. The van der Waals surface area contributed by atoms with Crippen molar-refractivity contribution in [3.8, 4) is 11.6 Å². The molecule has 0 bridgehead atoms. The minimum absolute atomic E-state index is 0.0195. The fourth-order valence-electron chi connectivity index (χ4n) is 12.4. The molecule has 43 nitrogen and oxygen atoms in total. The number of carbonyl (C=O) groups is 8. The van der Waals surface area contributed by atoms with E-state index in [4.69, 9.17) is 42.6 Å². The normalized spacial score (nSPS) is 11.4. The van der Waals surface area contributed by atoms with Gasteiger partial charge in [0.1, 0.15) is 54.3 Å². The number of nitrogens with one attached hydrogen (secondary N) is 2. The average Bonchev–Trinajstić information content (AvgIpc) is 1.57. The Hall–Kier alpha value is -13.3. The summed E-state index contributed by atoms with van der Waals surface area (Å²) >= 11 is 0. The molecular weight excluding hydrogens is 1730 g/mol. The zero-order valence-corrected chi connectivity index (χ0v) is 82.5. The van der Waals surface area contributed by atoms with Crippen molar-refractivity contribution in [3.05, 3.63) is 72.3 Å². The first-order valence-corrected chi connectivity index (χ1v) is 45.7. The van der Waals surface area contributed by atoms with Crippen LogP contribution in [0.3, 0.4) is 0 Å². The van der Waals surface area contributed by atoms with Crippen molar-refractivity contribution in [1.29, 1.82) is 0 Å². The number of aromatic nitrogens is 16. The van der Waals surface area contributed by atoms with Crippen molar-refractivity contribution in [3.63, 3.8) is 0 Å². The lowest BCUT2D eigenvalue weighted by molar-refractivity contribution is -0.384. The lowest BCUT2D eigenvalue weighted by Crippen LogP contribution is -2.39. The van der Waals surface area contributed by atoms with Gasteiger partial charge in [0.2, 0.25) is 23.8 Å². The number of hydrogen-bond donors (Lipinski definition) is 2. The molecule has 0 saturated heterocycles. The van der Waals surface area contributed by atoms with E-state index in [1.807, 2.05) is 102 Å². The number of fused-ring (bicyclic) bond motifs is 4. The van der Waals surface area contributed by atoms with Crippen molar-refractivity contribution < 1.29 is 85.9 Å². The van der Waals surface area contributed by atoms with Crippen molar-refractivity contribution in [2.45, 2.75) is 291 Å². The minimum Gasteiger partial charge on any atom is -0.465 e. The third kappa shape index (κ3) is 34.4. The molecule has 43 heteroatoms. The molecule has 0 aliphatic carbocycles. The highest BCUT2D eigenvalue weighted by Gasteiger charge is 2.34. The third-order valence-electron chi connectivity index (χ3n) is 18.5. The van der Waals surface area contributed by atoms with Crippen LogP contribution in [0, 0.1) is 10.1 Å². The topological polar surface area (TPSA) is 477 Å². The second kappa shape index (κ2) is 52.2. The molecule has 9 rings (SSSR count). The van der Waals surface area contributed by atoms with Crippen LogP contribution >= 0.6 is 0 Å². The van der Waals surface area contributed by atoms with Gasteiger partial charge in [-0.2, -0.15) is 39.9 Å². The Morgan fingerprint density at radius 1 is 0.448 bits per heavy atom. The van der Waals surface area contributed by atoms with Gasteiger partial charge in [-0.3, -0.25) is 29.3 Å². The number of imidazole rings is 4. The number of carbonyl (C=O) groups excluding carboxylic acids is 8. The highest BCUT2D eigenvalue weighted by Crippen LogP contribution is 2.34. The van der Waals surface area contributed by atoms with Gasteiger partial charge in [-0.1, -0.05) is 91.2 Å². The number of benzene rings is 1. The molecule has 2 N–H and O–H groups in total. The standard InChI is InChI=1S/C25H32N6O7.2C22H36N6O4.C22H34N6O4/c1-6-8-9-13-30(24(33)38-25(3,4)5)23-27-21-20(26-16-29(21)15-19(32)36-7-2)22(28-23)37-18-12-10-11-17(14-18)31(34)35;1-8-10-11-12-28(21(30)32-22(5,6)7)20-25-18(24-15(3)4)17-19(26-20)27(14-23-17)13-16(29)31-9-2;1-8-11-12-13-28(21(30)32-22(4,5)6)20-24-18(26(7)9-2)17-19(25-20)27(15-23-17)14-16(29)31-10-3;1-7-10-11-13-28(21(30)32-22(4,5)6)20-25-18(23-12-8-2)17-19(26-20)27(15-24-17)14-16(29)31-9-3/h10-12,14,16H,6-9,13,15H2,1-5H3;14-15H,8-13H2,1-7H3,(H,24,25,26);15H,8-14H2,1-7H3;8,15H,2,7,9-14H2,1,3-6H3,(H,23,25,26). The van der Waals surface area contributed by atoms with Gasteiger partial charge >= 0.3 is 48.3 Å². The number of nitro benzene ring substituents is 1.